The lowest BCUT2D eigenvalue weighted by Crippen LogP contribution is -2.43. The van der Waals surface area contributed by atoms with Crippen molar-refractivity contribution >= 4 is 12.0 Å². The van der Waals surface area contributed by atoms with Gasteiger partial charge in [0.25, 0.3) is 0 Å². The minimum Gasteiger partial charge on any atom is -0.497 e. The highest BCUT2D eigenvalue weighted by Gasteiger charge is 2.23. The molecular formula is C24H30N2O4. The first-order chi connectivity index (χ1) is 14.6. The first-order valence-corrected chi connectivity index (χ1v) is 10.2. The van der Waals surface area contributed by atoms with E-state index in [-0.39, 0.29) is 11.9 Å². The molecule has 1 heterocycles. The molecular weight excluding hydrogens is 380 g/mol. The lowest BCUT2D eigenvalue weighted by molar-refractivity contribution is -0.116. The predicted octanol–water partition coefficient (Wildman–Crippen LogP) is 3.22. The third-order valence-electron chi connectivity index (χ3n) is 5.26. The van der Waals surface area contributed by atoms with Gasteiger partial charge in [0.2, 0.25) is 5.91 Å². The molecule has 0 aromatic heterocycles. The van der Waals surface area contributed by atoms with Gasteiger partial charge < -0.3 is 19.5 Å². The summed E-state index contributed by atoms with van der Waals surface area (Å²) in [5.74, 6) is 1.43. The number of methoxy groups -OCH3 is 2. The fourth-order valence-electron chi connectivity index (χ4n) is 3.58. The van der Waals surface area contributed by atoms with Crippen LogP contribution in [0.5, 0.6) is 11.5 Å². The summed E-state index contributed by atoms with van der Waals surface area (Å²) < 4.78 is 16.1. The molecule has 1 unspecified atom stereocenters. The largest absolute Gasteiger partial charge is 0.497 e. The maximum absolute atomic E-state index is 12.5. The molecule has 1 aliphatic heterocycles. The van der Waals surface area contributed by atoms with Crippen molar-refractivity contribution in [1.29, 1.82) is 0 Å². The molecule has 160 valence electrons. The third-order valence-corrected chi connectivity index (χ3v) is 5.26. The van der Waals surface area contributed by atoms with Crippen LogP contribution in [0.4, 0.5) is 0 Å². The zero-order valence-electron chi connectivity index (χ0n) is 17.9. The van der Waals surface area contributed by atoms with Crippen LogP contribution < -0.4 is 14.8 Å². The Hall–Kier alpha value is -2.83. The summed E-state index contributed by atoms with van der Waals surface area (Å²) in [6, 6.07) is 14.0. The number of hydrogen-bond donors (Lipinski definition) is 1. The number of carbonyl (C=O) groups excluding carboxylic acids is 1. The van der Waals surface area contributed by atoms with Crippen LogP contribution in [0.15, 0.2) is 48.5 Å². The van der Waals surface area contributed by atoms with Gasteiger partial charge in [-0.25, -0.2) is 0 Å². The highest BCUT2D eigenvalue weighted by molar-refractivity contribution is 5.92. The molecule has 30 heavy (non-hydrogen) atoms. The Morgan fingerprint density at radius 1 is 1.13 bits per heavy atom. The summed E-state index contributed by atoms with van der Waals surface area (Å²) in [6.07, 6.45) is 3.35. The molecule has 1 fully saturated rings. The number of amides is 1. The van der Waals surface area contributed by atoms with Crippen LogP contribution in [0.2, 0.25) is 0 Å². The number of aryl methyl sites for hydroxylation is 1. The SMILES string of the molecule is COc1ccc(C(CNC(=O)/C=C/c2cc(C)ccc2OC)N2CCOCC2)cc1. The summed E-state index contributed by atoms with van der Waals surface area (Å²) in [5.41, 5.74) is 3.14. The van der Waals surface area contributed by atoms with Gasteiger partial charge in [0.1, 0.15) is 11.5 Å². The quantitative estimate of drug-likeness (QED) is 0.677. The molecule has 2 aromatic carbocycles. The molecule has 0 bridgehead atoms. The van der Waals surface area contributed by atoms with Crippen LogP contribution in [0, 0.1) is 6.92 Å². The first-order valence-electron chi connectivity index (χ1n) is 10.2. The fraction of sp³-hybridized carbons (Fsp3) is 0.375. The van der Waals surface area contributed by atoms with Crippen LogP contribution >= 0.6 is 0 Å². The second-order valence-corrected chi connectivity index (χ2v) is 7.26. The molecule has 0 radical (unpaired) electrons. The second kappa shape index (κ2) is 10.8. The van der Waals surface area contributed by atoms with E-state index in [0.29, 0.717) is 19.8 Å². The molecule has 6 nitrogen and oxygen atoms in total. The smallest absolute Gasteiger partial charge is 0.244 e. The number of nitrogens with zero attached hydrogens (tertiary/aromatic N) is 1. The van der Waals surface area contributed by atoms with Crippen molar-refractivity contribution in [2.45, 2.75) is 13.0 Å². The summed E-state index contributed by atoms with van der Waals surface area (Å²) in [4.78, 5) is 14.9. The molecule has 2 aromatic rings. The summed E-state index contributed by atoms with van der Waals surface area (Å²) >= 11 is 0. The Bertz CT molecular complexity index is 858. The second-order valence-electron chi connectivity index (χ2n) is 7.26. The average Bonchev–Trinajstić information content (AvgIpc) is 2.79. The summed E-state index contributed by atoms with van der Waals surface area (Å²) in [7, 11) is 3.29. The number of morpholine rings is 1. The lowest BCUT2D eigenvalue weighted by atomic mass is 10.0. The van der Waals surface area contributed by atoms with E-state index in [1.807, 2.05) is 37.3 Å². The molecule has 0 saturated carbocycles. The van der Waals surface area contributed by atoms with Crippen LogP contribution in [0.25, 0.3) is 6.08 Å². The van der Waals surface area contributed by atoms with E-state index in [4.69, 9.17) is 14.2 Å². The normalized spacial score (nSPS) is 15.7. The van der Waals surface area contributed by atoms with Gasteiger partial charge in [0.15, 0.2) is 0 Å². The lowest BCUT2D eigenvalue weighted by Gasteiger charge is -2.34. The first kappa shape index (κ1) is 21.9. The average molecular weight is 411 g/mol. The van der Waals surface area contributed by atoms with Crippen LogP contribution in [0.3, 0.4) is 0 Å². The van der Waals surface area contributed by atoms with Gasteiger partial charge in [-0.1, -0.05) is 23.8 Å². The number of rotatable bonds is 8. The number of carbonyl (C=O) groups is 1. The van der Waals surface area contributed by atoms with E-state index in [9.17, 15) is 4.79 Å². The molecule has 0 aliphatic carbocycles. The van der Waals surface area contributed by atoms with Gasteiger partial charge in [0, 0.05) is 31.3 Å². The van der Waals surface area contributed by atoms with Gasteiger partial charge in [-0.05, 0) is 42.8 Å². The van der Waals surface area contributed by atoms with E-state index in [2.05, 4.69) is 22.3 Å². The van der Waals surface area contributed by atoms with Crippen molar-refractivity contribution < 1.29 is 19.0 Å². The molecule has 0 spiro atoms. The van der Waals surface area contributed by atoms with Crippen molar-refractivity contribution in [2.24, 2.45) is 0 Å². The monoisotopic (exact) mass is 410 g/mol. The van der Waals surface area contributed by atoms with Crippen molar-refractivity contribution in [3.8, 4) is 11.5 Å². The molecule has 1 aliphatic rings. The number of benzene rings is 2. The number of hydrogen-bond acceptors (Lipinski definition) is 5. The highest BCUT2D eigenvalue weighted by atomic mass is 16.5. The van der Waals surface area contributed by atoms with Crippen molar-refractivity contribution in [3.63, 3.8) is 0 Å². The molecule has 1 N–H and O–H groups in total. The van der Waals surface area contributed by atoms with E-state index >= 15 is 0 Å². The summed E-state index contributed by atoms with van der Waals surface area (Å²) in [6.45, 7) is 5.60. The molecule has 3 rings (SSSR count). The molecule has 1 amide bonds. The Kier molecular flexibility index (Phi) is 7.88. The number of ether oxygens (including phenoxy) is 3. The third kappa shape index (κ3) is 5.84. The van der Waals surface area contributed by atoms with Crippen molar-refractivity contribution in [1.82, 2.24) is 10.2 Å². The van der Waals surface area contributed by atoms with Crippen LogP contribution in [0.1, 0.15) is 22.7 Å². The molecule has 1 atom stereocenters. The predicted molar refractivity (Wildman–Crippen MR) is 118 cm³/mol. The Morgan fingerprint density at radius 2 is 1.87 bits per heavy atom. The van der Waals surface area contributed by atoms with Gasteiger partial charge in [-0.2, -0.15) is 0 Å². The number of nitrogens with one attached hydrogen (secondary N) is 1. The van der Waals surface area contributed by atoms with E-state index in [1.165, 1.54) is 0 Å². The van der Waals surface area contributed by atoms with E-state index in [1.54, 1.807) is 26.4 Å². The van der Waals surface area contributed by atoms with Crippen molar-refractivity contribution in [2.75, 3.05) is 47.1 Å². The van der Waals surface area contributed by atoms with Crippen LogP contribution in [-0.4, -0.2) is 57.9 Å². The molecule has 1 saturated heterocycles. The minimum atomic E-state index is -0.134. The van der Waals surface area contributed by atoms with Crippen molar-refractivity contribution in [3.05, 3.63) is 65.2 Å². The van der Waals surface area contributed by atoms with E-state index in [0.717, 1.165) is 41.3 Å². The van der Waals surface area contributed by atoms with Gasteiger partial charge in [0.05, 0.1) is 33.5 Å². The summed E-state index contributed by atoms with van der Waals surface area (Å²) in [5, 5.41) is 3.05. The topological polar surface area (TPSA) is 60.0 Å². The Balaban J connectivity index is 1.68. The highest BCUT2D eigenvalue weighted by Crippen LogP contribution is 2.24. The fourth-order valence-corrected chi connectivity index (χ4v) is 3.58. The molecule has 6 heteroatoms. The standard InChI is InChI=1S/C24H30N2O4/c1-18-4-10-23(29-3)20(16-18)7-11-24(27)25-17-22(26-12-14-30-15-13-26)19-5-8-21(28-2)9-6-19/h4-11,16,22H,12-15,17H2,1-3H3,(H,25,27)/b11-7+. The minimum absolute atomic E-state index is 0.0747. The Morgan fingerprint density at radius 3 is 2.53 bits per heavy atom. The van der Waals surface area contributed by atoms with Gasteiger partial charge >= 0.3 is 0 Å². The maximum Gasteiger partial charge on any atom is 0.244 e. The van der Waals surface area contributed by atoms with Gasteiger partial charge in [-0.15, -0.1) is 0 Å². The Labute approximate surface area is 178 Å². The maximum atomic E-state index is 12.5. The van der Waals surface area contributed by atoms with E-state index < -0.39 is 0 Å². The zero-order valence-corrected chi connectivity index (χ0v) is 17.9. The van der Waals surface area contributed by atoms with Gasteiger partial charge in [-0.3, -0.25) is 9.69 Å². The van der Waals surface area contributed by atoms with Crippen LogP contribution in [-0.2, 0) is 9.53 Å². The zero-order chi connectivity index (χ0) is 21.3.